The first-order valence-corrected chi connectivity index (χ1v) is 16.7. The Labute approximate surface area is 262 Å². The second-order valence-corrected chi connectivity index (χ2v) is 13.3. The Morgan fingerprint density at radius 1 is 1.00 bits per heavy atom. The van der Waals surface area contributed by atoms with Gasteiger partial charge in [0.1, 0.15) is 17.1 Å². The number of hydrogen-bond donors (Lipinski definition) is 1. The van der Waals surface area contributed by atoms with Crippen molar-refractivity contribution >= 4 is 52.6 Å². The van der Waals surface area contributed by atoms with Crippen LogP contribution in [0.25, 0.3) is 0 Å². The van der Waals surface area contributed by atoms with Crippen LogP contribution in [0.3, 0.4) is 0 Å². The van der Waals surface area contributed by atoms with Gasteiger partial charge in [-0.1, -0.05) is 91.0 Å². The Bertz CT molecular complexity index is 1600. The minimum atomic E-state index is -0.710. The van der Waals surface area contributed by atoms with Crippen LogP contribution in [0.15, 0.2) is 107 Å². The molecule has 43 heavy (non-hydrogen) atoms. The van der Waals surface area contributed by atoms with Gasteiger partial charge in [-0.05, 0) is 23.6 Å². The van der Waals surface area contributed by atoms with Crippen molar-refractivity contribution in [2.75, 3.05) is 5.75 Å². The van der Waals surface area contributed by atoms with E-state index in [4.69, 9.17) is 4.74 Å². The van der Waals surface area contributed by atoms with Gasteiger partial charge in [-0.15, -0.1) is 34.9 Å². The van der Waals surface area contributed by atoms with Crippen molar-refractivity contribution in [3.63, 3.8) is 0 Å². The zero-order chi connectivity index (χ0) is 29.8. The van der Waals surface area contributed by atoms with E-state index in [1.807, 2.05) is 103 Å². The molecule has 218 valence electrons. The number of thioether (sulfide) groups is 2. The molecule has 0 radical (unpaired) electrons. The molecule has 2 aliphatic rings. The van der Waals surface area contributed by atoms with Crippen LogP contribution in [0.4, 0.5) is 0 Å². The zero-order valence-electron chi connectivity index (χ0n) is 23.3. The van der Waals surface area contributed by atoms with Crippen molar-refractivity contribution in [1.82, 2.24) is 15.2 Å². The summed E-state index contributed by atoms with van der Waals surface area (Å²) in [6.07, 6.45) is -0.471. The van der Waals surface area contributed by atoms with Crippen molar-refractivity contribution in [1.29, 1.82) is 0 Å². The van der Waals surface area contributed by atoms with E-state index in [0.29, 0.717) is 11.5 Å². The molecule has 0 saturated carbocycles. The molecular weight excluding hydrogens is 599 g/mol. The molecule has 6 rings (SSSR count). The molecule has 1 aromatic heterocycles. The van der Waals surface area contributed by atoms with Gasteiger partial charge in [-0.25, -0.2) is 9.78 Å². The van der Waals surface area contributed by atoms with Gasteiger partial charge >= 0.3 is 5.97 Å². The van der Waals surface area contributed by atoms with Crippen LogP contribution < -0.4 is 5.32 Å². The van der Waals surface area contributed by atoms with Gasteiger partial charge in [0.2, 0.25) is 5.91 Å². The van der Waals surface area contributed by atoms with E-state index in [1.165, 1.54) is 16.7 Å². The first-order chi connectivity index (χ1) is 21.0. The van der Waals surface area contributed by atoms with Crippen molar-refractivity contribution in [2.45, 2.75) is 36.6 Å². The highest BCUT2D eigenvalue weighted by molar-refractivity contribution is 8.05. The highest BCUT2D eigenvalue weighted by atomic mass is 32.2. The number of rotatable bonds is 10. The fraction of sp³-hybridized carbons (Fsp3) is 0.212. The Morgan fingerprint density at radius 2 is 1.63 bits per heavy atom. The van der Waals surface area contributed by atoms with Crippen LogP contribution in [0.5, 0.6) is 0 Å². The maximum Gasteiger partial charge on any atom is 0.356 e. The Kier molecular flexibility index (Phi) is 8.97. The number of fused-ring (bicyclic) bond motifs is 1. The third kappa shape index (κ3) is 6.41. The molecule has 1 N–H and O–H groups in total. The van der Waals surface area contributed by atoms with Crippen LogP contribution >= 0.6 is 34.9 Å². The van der Waals surface area contributed by atoms with E-state index >= 15 is 0 Å². The van der Waals surface area contributed by atoms with Gasteiger partial charge in [-0.2, -0.15) is 0 Å². The number of hydrogen-bond acceptors (Lipinski definition) is 8. The number of benzene rings is 3. The molecular formula is C33H29N3O4S3. The highest BCUT2D eigenvalue weighted by Crippen LogP contribution is 2.45. The number of amides is 2. The summed E-state index contributed by atoms with van der Waals surface area (Å²) in [5, 5.41) is 2.51. The van der Waals surface area contributed by atoms with Gasteiger partial charge in [0.25, 0.3) is 5.91 Å². The highest BCUT2D eigenvalue weighted by Gasteiger charge is 2.54. The maximum absolute atomic E-state index is 14.1. The number of ether oxygens (including phenoxy) is 1. The molecule has 1 fully saturated rings. The predicted molar refractivity (Wildman–Crippen MR) is 171 cm³/mol. The molecule has 2 atom stereocenters. The van der Waals surface area contributed by atoms with Crippen molar-refractivity contribution < 1.29 is 19.1 Å². The number of aromatic nitrogens is 1. The van der Waals surface area contributed by atoms with E-state index in [1.54, 1.807) is 23.1 Å². The smallest absolute Gasteiger partial charge is 0.356 e. The lowest BCUT2D eigenvalue weighted by atomic mass is 10.0. The second kappa shape index (κ2) is 13.2. The molecule has 4 aromatic rings. The SMILES string of the molecule is Cc1ncsc1CSC1=C(C(=O)OC(c2ccccc2)c2ccccc2)N2C(=O)C(NC(=O)Cc3ccccc3)[C@@H]2SC1. The molecule has 10 heteroatoms. The Morgan fingerprint density at radius 3 is 2.23 bits per heavy atom. The van der Waals surface area contributed by atoms with E-state index < -0.39 is 23.5 Å². The summed E-state index contributed by atoms with van der Waals surface area (Å²) < 4.78 is 6.24. The van der Waals surface area contributed by atoms with Crippen LogP contribution in [-0.4, -0.2) is 44.8 Å². The average molecular weight is 628 g/mol. The summed E-state index contributed by atoms with van der Waals surface area (Å²) in [6.45, 7) is 1.97. The summed E-state index contributed by atoms with van der Waals surface area (Å²) >= 11 is 4.65. The summed E-state index contributed by atoms with van der Waals surface area (Å²) in [7, 11) is 0. The summed E-state index contributed by atoms with van der Waals surface area (Å²) in [6, 6.07) is 27.9. The number of aryl methyl sites for hydroxylation is 1. The summed E-state index contributed by atoms with van der Waals surface area (Å²) in [5.41, 5.74) is 5.56. The Balaban J connectivity index is 1.27. The molecule has 3 aromatic carbocycles. The van der Waals surface area contributed by atoms with E-state index in [0.717, 1.165) is 32.2 Å². The summed E-state index contributed by atoms with van der Waals surface area (Å²) in [5.74, 6) is 0.0522. The van der Waals surface area contributed by atoms with E-state index in [2.05, 4.69) is 10.3 Å². The Hall–Kier alpha value is -3.86. The first kappa shape index (κ1) is 29.2. The molecule has 0 aliphatic carbocycles. The van der Waals surface area contributed by atoms with Crippen molar-refractivity contribution in [3.05, 3.63) is 134 Å². The van der Waals surface area contributed by atoms with Gasteiger partial charge in [0, 0.05) is 21.3 Å². The van der Waals surface area contributed by atoms with Crippen LogP contribution in [-0.2, 0) is 31.3 Å². The van der Waals surface area contributed by atoms with Crippen molar-refractivity contribution in [3.8, 4) is 0 Å². The molecule has 1 unspecified atom stereocenters. The maximum atomic E-state index is 14.1. The van der Waals surface area contributed by atoms with Crippen LogP contribution in [0.1, 0.15) is 33.4 Å². The number of nitrogens with one attached hydrogen (secondary N) is 1. The van der Waals surface area contributed by atoms with Crippen LogP contribution in [0, 0.1) is 6.92 Å². The monoisotopic (exact) mass is 627 g/mol. The fourth-order valence-corrected chi connectivity index (χ4v) is 8.64. The molecule has 2 amide bonds. The fourth-order valence-electron chi connectivity index (χ4n) is 5.06. The van der Waals surface area contributed by atoms with Gasteiger partial charge in [0.15, 0.2) is 6.10 Å². The number of carbonyl (C=O) groups is 3. The molecule has 0 spiro atoms. The zero-order valence-corrected chi connectivity index (χ0v) is 25.8. The largest absolute Gasteiger partial charge is 0.448 e. The van der Waals surface area contributed by atoms with Gasteiger partial charge in [-0.3, -0.25) is 14.5 Å². The minimum absolute atomic E-state index is 0.178. The number of nitrogens with zero attached hydrogens (tertiary/aromatic N) is 2. The number of β-lactam (4-membered cyclic amide) rings is 1. The van der Waals surface area contributed by atoms with E-state index in [9.17, 15) is 14.4 Å². The molecule has 1 saturated heterocycles. The average Bonchev–Trinajstić information content (AvgIpc) is 3.46. The topological polar surface area (TPSA) is 88.6 Å². The number of thiazole rings is 1. The second-order valence-electron chi connectivity index (χ2n) is 10.1. The lowest BCUT2D eigenvalue weighted by molar-refractivity contribution is -0.154. The first-order valence-electron chi connectivity index (χ1n) is 13.8. The number of carbonyl (C=O) groups excluding carboxylic acids is 3. The molecule has 2 aliphatic heterocycles. The minimum Gasteiger partial charge on any atom is -0.448 e. The lowest BCUT2D eigenvalue weighted by Gasteiger charge is -2.49. The van der Waals surface area contributed by atoms with Crippen molar-refractivity contribution in [2.24, 2.45) is 0 Å². The van der Waals surface area contributed by atoms with Gasteiger partial charge < -0.3 is 10.1 Å². The predicted octanol–water partition coefficient (Wildman–Crippen LogP) is 5.87. The normalized spacial score (nSPS) is 17.8. The number of esters is 1. The third-order valence-corrected chi connectivity index (χ3v) is 11.0. The molecule has 7 nitrogen and oxygen atoms in total. The lowest BCUT2D eigenvalue weighted by Crippen LogP contribution is -2.70. The molecule has 3 heterocycles. The molecule has 0 bridgehead atoms. The quantitative estimate of drug-likeness (QED) is 0.174. The van der Waals surface area contributed by atoms with Crippen LogP contribution in [0.2, 0.25) is 0 Å². The standard InChI is InChI=1S/C33H29N3O4S3/c1-21-25(43-20-34-21)18-41-26-19-42-32-28(35-27(37)17-22-11-5-2-6-12-22)31(38)36(32)29(26)33(39)40-30(23-13-7-3-8-14-23)24-15-9-4-10-16-24/h2-16,20,28,30,32H,17-19H2,1H3,(H,35,37)/t28?,32-/m0/s1. The third-order valence-electron chi connectivity index (χ3n) is 7.30. The van der Waals surface area contributed by atoms with E-state index in [-0.39, 0.29) is 23.9 Å². The van der Waals surface area contributed by atoms with Gasteiger partial charge in [0.05, 0.1) is 17.6 Å². The summed E-state index contributed by atoms with van der Waals surface area (Å²) in [4.78, 5) is 48.3.